The van der Waals surface area contributed by atoms with Gasteiger partial charge >= 0.3 is 0 Å². The SMILES string of the molecule is C1=C(CN(Cc2ccccc2)C2=NCCN2)OCO1. The van der Waals surface area contributed by atoms with Crippen LogP contribution >= 0.6 is 0 Å². The Hall–Kier alpha value is -2.17. The van der Waals surface area contributed by atoms with Gasteiger partial charge in [0.25, 0.3) is 0 Å². The van der Waals surface area contributed by atoms with Crippen molar-refractivity contribution in [3.63, 3.8) is 0 Å². The molecule has 0 amide bonds. The van der Waals surface area contributed by atoms with E-state index in [1.165, 1.54) is 5.56 Å². The normalized spacial score (nSPS) is 17.1. The first-order valence-electron chi connectivity index (χ1n) is 6.42. The van der Waals surface area contributed by atoms with Crippen LogP contribution in [0.5, 0.6) is 0 Å². The molecule has 100 valence electrons. The van der Waals surface area contributed by atoms with Crippen molar-refractivity contribution >= 4 is 5.96 Å². The maximum atomic E-state index is 5.40. The van der Waals surface area contributed by atoms with Crippen molar-refractivity contribution in [2.75, 3.05) is 26.4 Å². The minimum Gasteiger partial charge on any atom is -0.462 e. The van der Waals surface area contributed by atoms with Crippen molar-refractivity contribution < 1.29 is 9.47 Å². The molecule has 0 atom stereocenters. The molecular formula is C14H17N3O2. The molecule has 0 aromatic heterocycles. The molecule has 19 heavy (non-hydrogen) atoms. The Labute approximate surface area is 112 Å². The van der Waals surface area contributed by atoms with E-state index in [0.29, 0.717) is 13.3 Å². The minimum atomic E-state index is 0.314. The average molecular weight is 259 g/mol. The highest BCUT2D eigenvalue weighted by Gasteiger charge is 2.19. The highest BCUT2D eigenvalue weighted by Crippen LogP contribution is 2.13. The first kappa shape index (κ1) is 11.9. The first-order valence-corrected chi connectivity index (χ1v) is 6.42. The third kappa shape index (κ3) is 2.99. The molecule has 0 spiro atoms. The Morgan fingerprint density at radius 3 is 2.79 bits per heavy atom. The Kier molecular flexibility index (Phi) is 3.54. The number of aliphatic imine (C=N–C) groups is 1. The molecule has 0 radical (unpaired) electrons. The monoisotopic (exact) mass is 259 g/mol. The molecule has 0 aliphatic carbocycles. The van der Waals surface area contributed by atoms with Gasteiger partial charge in [-0.2, -0.15) is 0 Å². The van der Waals surface area contributed by atoms with Gasteiger partial charge < -0.3 is 19.7 Å². The number of benzene rings is 1. The lowest BCUT2D eigenvalue weighted by atomic mass is 10.2. The van der Waals surface area contributed by atoms with Gasteiger partial charge in [0.15, 0.2) is 11.7 Å². The second-order valence-corrected chi connectivity index (χ2v) is 4.49. The predicted molar refractivity (Wildman–Crippen MR) is 72.3 cm³/mol. The molecule has 0 bridgehead atoms. The molecule has 5 nitrogen and oxygen atoms in total. The third-order valence-electron chi connectivity index (χ3n) is 3.05. The number of ether oxygens (including phenoxy) is 2. The van der Waals surface area contributed by atoms with Gasteiger partial charge in [-0.15, -0.1) is 0 Å². The molecular weight excluding hydrogens is 242 g/mol. The van der Waals surface area contributed by atoms with Crippen molar-refractivity contribution in [2.24, 2.45) is 4.99 Å². The lowest BCUT2D eigenvalue weighted by Gasteiger charge is -2.24. The summed E-state index contributed by atoms with van der Waals surface area (Å²) in [6, 6.07) is 10.3. The standard InChI is InChI=1S/C14H17N3O2/c1-2-4-12(5-3-1)8-17(14-15-6-7-16-14)9-13-10-18-11-19-13/h1-5,10H,6-9,11H2,(H,15,16). The van der Waals surface area contributed by atoms with Crippen LogP contribution < -0.4 is 5.32 Å². The second kappa shape index (κ2) is 5.65. The van der Waals surface area contributed by atoms with Crippen LogP contribution in [0.2, 0.25) is 0 Å². The third-order valence-corrected chi connectivity index (χ3v) is 3.05. The molecule has 3 rings (SSSR count). The highest BCUT2D eigenvalue weighted by molar-refractivity contribution is 5.81. The molecule has 0 fully saturated rings. The van der Waals surface area contributed by atoms with Crippen LogP contribution in [-0.2, 0) is 16.0 Å². The zero-order chi connectivity index (χ0) is 12.9. The summed E-state index contributed by atoms with van der Waals surface area (Å²) in [4.78, 5) is 6.65. The lowest BCUT2D eigenvalue weighted by molar-refractivity contribution is 0.0755. The quantitative estimate of drug-likeness (QED) is 0.885. The van der Waals surface area contributed by atoms with Crippen LogP contribution in [0, 0.1) is 0 Å². The maximum Gasteiger partial charge on any atom is 0.229 e. The van der Waals surface area contributed by atoms with Gasteiger partial charge in [0.1, 0.15) is 6.26 Å². The van der Waals surface area contributed by atoms with E-state index in [9.17, 15) is 0 Å². The van der Waals surface area contributed by atoms with Gasteiger partial charge in [-0.05, 0) is 5.56 Å². The molecule has 1 aromatic rings. The topological polar surface area (TPSA) is 46.1 Å². The number of hydrogen-bond donors (Lipinski definition) is 1. The molecule has 2 aliphatic rings. The Balaban J connectivity index is 1.72. The van der Waals surface area contributed by atoms with E-state index in [0.717, 1.165) is 31.4 Å². The molecule has 1 N–H and O–H groups in total. The van der Waals surface area contributed by atoms with Gasteiger partial charge in [0.2, 0.25) is 6.79 Å². The van der Waals surface area contributed by atoms with E-state index in [4.69, 9.17) is 9.47 Å². The molecule has 0 unspecified atom stereocenters. The summed E-state index contributed by atoms with van der Waals surface area (Å²) < 4.78 is 10.5. The zero-order valence-corrected chi connectivity index (χ0v) is 10.7. The summed E-state index contributed by atoms with van der Waals surface area (Å²) >= 11 is 0. The minimum absolute atomic E-state index is 0.314. The van der Waals surface area contributed by atoms with Crippen molar-refractivity contribution in [1.29, 1.82) is 0 Å². The summed E-state index contributed by atoms with van der Waals surface area (Å²) in [6.07, 6.45) is 1.67. The van der Waals surface area contributed by atoms with Crippen molar-refractivity contribution in [3.05, 3.63) is 47.9 Å². The van der Waals surface area contributed by atoms with Crippen LogP contribution in [0.1, 0.15) is 5.56 Å². The van der Waals surface area contributed by atoms with Crippen molar-refractivity contribution in [3.8, 4) is 0 Å². The van der Waals surface area contributed by atoms with E-state index < -0.39 is 0 Å². The van der Waals surface area contributed by atoms with Crippen molar-refractivity contribution in [2.45, 2.75) is 6.54 Å². The van der Waals surface area contributed by atoms with E-state index >= 15 is 0 Å². The predicted octanol–water partition coefficient (Wildman–Crippen LogP) is 1.29. The van der Waals surface area contributed by atoms with Crippen LogP contribution in [0.15, 0.2) is 47.3 Å². The molecule has 0 saturated heterocycles. The number of nitrogens with zero attached hydrogens (tertiary/aromatic N) is 2. The Morgan fingerprint density at radius 1 is 1.21 bits per heavy atom. The Bertz CT molecular complexity index is 485. The van der Waals surface area contributed by atoms with Crippen LogP contribution in [0.25, 0.3) is 0 Å². The first-order chi connectivity index (χ1) is 9.42. The van der Waals surface area contributed by atoms with Crippen LogP contribution in [0.4, 0.5) is 0 Å². The van der Waals surface area contributed by atoms with Gasteiger partial charge in [0, 0.05) is 13.1 Å². The van der Waals surface area contributed by atoms with E-state index in [-0.39, 0.29) is 0 Å². The van der Waals surface area contributed by atoms with Gasteiger partial charge in [0.05, 0.1) is 13.1 Å². The van der Waals surface area contributed by atoms with Gasteiger partial charge in [-0.25, -0.2) is 0 Å². The second-order valence-electron chi connectivity index (χ2n) is 4.49. The van der Waals surface area contributed by atoms with Crippen molar-refractivity contribution in [1.82, 2.24) is 10.2 Å². The lowest BCUT2D eigenvalue weighted by Crippen LogP contribution is -2.39. The highest BCUT2D eigenvalue weighted by atomic mass is 16.7. The fourth-order valence-corrected chi connectivity index (χ4v) is 2.15. The average Bonchev–Trinajstić information content (AvgIpc) is 3.12. The van der Waals surface area contributed by atoms with Crippen LogP contribution in [-0.4, -0.2) is 37.3 Å². The summed E-state index contributed by atoms with van der Waals surface area (Å²) in [5.41, 5.74) is 1.25. The van der Waals surface area contributed by atoms with Gasteiger partial charge in [-0.1, -0.05) is 30.3 Å². The fraction of sp³-hybridized carbons (Fsp3) is 0.357. The van der Waals surface area contributed by atoms with E-state index in [1.54, 1.807) is 6.26 Å². The van der Waals surface area contributed by atoms with E-state index in [1.807, 2.05) is 18.2 Å². The number of guanidine groups is 1. The molecule has 2 aliphatic heterocycles. The summed E-state index contributed by atoms with van der Waals surface area (Å²) in [7, 11) is 0. The largest absolute Gasteiger partial charge is 0.462 e. The molecule has 5 heteroatoms. The summed E-state index contributed by atoms with van der Waals surface area (Å²) in [6.45, 7) is 3.51. The Morgan fingerprint density at radius 2 is 2.11 bits per heavy atom. The zero-order valence-electron chi connectivity index (χ0n) is 10.7. The number of rotatable bonds is 4. The fourth-order valence-electron chi connectivity index (χ4n) is 2.15. The summed E-state index contributed by atoms with van der Waals surface area (Å²) in [5.74, 6) is 1.77. The molecule has 2 heterocycles. The number of hydrogen-bond acceptors (Lipinski definition) is 5. The molecule has 0 saturated carbocycles. The van der Waals surface area contributed by atoms with Gasteiger partial charge in [-0.3, -0.25) is 4.99 Å². The number of nitrogens with one attached hydrogen (secondary N) is 1. The maximum absolute atomic E-state index is 5.40. The molecule has 1 aromatic carbocycles. The van der Waals surface area contributed by atoms with E-state index in [2.05, 4.69) is 27.3 Å². The summed E-state index contributed by atoms with van der Waals surface area (Å²) in [5, 5.41) is 3.30. The smallest absolute Gasteiger partial charge is 0.229 e. The van der Waals surface area contributed by atoms with Crippen LogP contribution in [0.3, 0.4) is 0 Å².